The van der Waals surface area contributed by atoms with Gasteiger partial charge in [-0.25, -0.2) is 4.79 Å². The highest BCUT2D eigenvalue weighted by atomic mass is 79.9. The molecule has 0 heterocycles. The SMILES string of the molecule is O=C(COc1ccc2ccccc2c1Br)Oc1ccccc1. The zero-order chi connectivity index (χ0) is 15.4. The number of rotatable bonds is 4. The maximum atomic E-state index is 11.8. The summed E-state index contributed by atoms with van der Waals surface area (Å²) in [5.41, 5.74) is 0. The van der Waals surface area contributed by atoms with Crippen molar-refractivity contribution >= 4 is 32.7 Å². The van der Waals surface area contributed by atoms with Crippen LogP contribution in [0.4, 0.5) is 0 Å². The van der Waals surface area contributed by atoms with Crippen LogP contribution in [0.5, 0.6) is 11.5 Å². The first kappa shape index (κ1) is 14.6. The predicted molar refractivity (Wildman–Crippen MR) is 89.2 cm³/mol. The summed E-state index contributed by atoms with van der Waals surface area (Å²) < 4.78 is 11.6. The minimum absolute atomic E-state index is 0.147. The molecule has 0 atom stereocenters. The number of hydrogen-bond acceptors (Lipinski definition) is 3. The van der Waals surface area contributed by atoms with Gasteiger partial charge in [0.2, 0.25) is 0 Å². The van der Waals surface area contributed by atoms with Gasteiger partial charge < -0.3 is 9.47 Å². The van der Waals surface area contributed by atoms with E-state index in [1.807, 2.05) is 54.6 Å². The third kappa shape index (κ3) is 3.28. The van der Waals surface area contributed by atoms with E-state index in [1.54, 1.807) is 12.1 Å². The van der Waals surface area contributed by atoms with Crippen LogP contribution < -0.4 is 9.47 Å². The Morgan fingerprint density at radius 3 is 2.45 bits per heavy atom. The summed E-state index contributed by atoms with van der Waals surface area (Å²) in [6.07, 6.45) is 0. The van der Waals surface area contributed by atoms with E-state index < -0.39 is 5.97 Å². The van der Waals surface area contributed by atoms with E-state index in [2.05, 4.69) is 15.9 Å². The highest BCUT2D eigenvalue weighted by Crippen LogP contribution is 2.32. The Balaban J connectivity index is 1.69. The van der Waals surface area contributed by atoms with Crippen molar-refractivity contribution in [2.24, 2.45) is 0 Å². The lowest BCUT2D eigenvalue weighted by molar-refractivity contribution is -0.136. The molecule has 0 saturated heterocycles. The van der Waals surface area contributed by atoms with E-state index in [0.717, 1.165) is 15.2 Å². The number of carbonyl (C=O) groups excluding carboxylic acids is 1. The van der Waals surface area contributed by atoms with Gasteiger partial charge in [0.25, 0.3) is 0 Å². The highest BCUT2D eigenvalue weighted by Gasteiger charge is 2.10. The summed E-state index contributed by atoms with van der Waals surface area (Å²) in [6, 6.07) is 20.7. The first-order valence-electron chi connectivity index (χ1n) is 6.80. The van der Waals surface area contributed by atoms with Gasteiger partial charge in [-0.15, -0.1) is 0 Å². The van der Waals surface area contributed by atoms with Crippen molar-refractivity contribution in [3.8, 4) is 11.5 Å². The number of esters is 1. The average Bonchev–Trinajstić information content (AvgIpc) is 2.55. The number of ether oxygens (including phenoxy) is 2. The van der Waals surface area contributed by atoms with E-state index in [9.17, 15) is 4.79 Å². The fourth-order valence-corrected chi connectivity index (χ4v) is 2.72. The van der Waals surface area contributed by atoms with Crippen LogP contribution in [0.2, 0.25) is 0 Å². The van der Waals surface area contributed by atoms with Crippen molar-refractivity contribution in [3.63, 3.8) is 0 Å². The Hall–Kier alpha value is -2.33. The lowest BCUT2D eigenvalue weighted by Crippen LogP contribution is -2.17. The summed E-state index contributed by atoms with van der Waals surface area (Å²) in [7, 11) is 0. The molecule has 0 unspecified atom stereocenters. The summed E-state index contributed by atoms with van der Waals surface area (Å²) in [5, 5.41) is 2.14. The van der Waals surface area contributed by atoms with E-state index in [1.165, 1.54) is 0 Å². The molecular formula is C18H13BrO3. The predicted octanol–water partition coefficient (Wildman–Crippen LogP) is 4.59. The average molecular weight is 357 g/mol. The molecule has 0 spiro atoms. The zero-order valence-electron chi connectivity index (χ0n) is 11.7. The van der Waals surface area contributed by atoms with E-state index in [4.69, 9.17) is 9.47 Å². The number of fused-ring (bicyclic) bond motifs is 1. The van der Waals surface area contributed by atoms with Gasteiger partial charge in [-0.1, -0.05) is 48.5 Å². The first-order chi connectivity index (χ1) is 10.7. The van der Waals surface area contributed by atoms with Gasteiger partial charge in [0.1, 0.15) is 11.5 Å². The molecule has 4 heteroatoms. The van der Waals surface area contributed by atoms with Crippen molar-refractivity contribution in [1.82, 2.24) is 0 Å². The van der Waals surface area contributed by atoms with Crippen LogP contribution >= 0.6 is 15.9 Å². The lowest BCUT2D eigenvalue weighted by atomic mass is 10.1. The second-order valence-corrected chi connectivity index (χ2v) is 5.47. The van der Waals surface area contributed by atoms with Crippen LogP contribution in [0.15, 0.2) is 71.2 Å². The molecule has 0 aliphatic rings. The van der Waals surface area contributed by atoms with Crippen molar-refractivity contribution in [3.05, 3.63) is 71.2 Å². The van der Waals surface area contributed by atoms with E-state index >= 15 is 0 Å². The normalized spacial score (nSPS) is 10.4. The van der Waals surface area contributed by atoms with Gasteiger partial charge in [0.05, 0.1) is 4.47 Å². The minimum atomic E-state index is -0.439. The molecule has 0 saturated carbocycles. The highest BCUT2D eigenvalue weighted by molar-refractivity contribution is 9.10. The smallest absolute Gasteiger partial charge is 0.349 e. The Bertz CT molecular complexity index is 800. The summed E-state index contributed by atoms with van der Waals surface area (Å²) in [5.74, 6) is 0.684. The van der Waals surface area contributed by atoms with Crippen LogP contribution in [0.25, 0.3) is 10.8 Å². The van der Waals surface area contributed by atoms with E-state index in [-0.39, 0.29) is 6.61 Å². The number of halogens is 1. The number of carbonyl (C=O) groups is 1. The number of benzene rings is 3. The van der Waals surface area contributed by atoms with Crippen molar-refractivity contribution in [2.75, 3.05) is 6.61 Å². The molecule has 0 bridgehead atoms. The maximum absolute atomic E-state index is 11.8. The molecule has 3 aromatic carbocycles. The zero-order valence-corrected chi connectivity index (χ0v) is 13.2. The van der Waals surface area contributed by atoms with Crippen molar-refractivity contribution < 1.29 is 14.3 Å². The molecule has 0 aliphatic carbocycles. The third-order valence-corrected chi connectivity index (χ3v) is 3.97. The van der Waals surface area contributed by atoms with Gasteiger partial charge in [-0.3, -0.25) is 0 Å². The largest absolute Gasteiger partial charge is 0.481 e. The Morgan fingerprint density at radius 2 is 1.64 bits per heavy atom. The van der Waals surface area contributed by atoms with Gasteiger partial charge in [0.15, 0.2) is 6.61 Å². The van der Waals surface area contributed by atoms with Crippen molar-refractivity contribution in [1.29, 1.82) is 0 Å². The molecule has 0 N–H and O–H groups in total. The van der Waals surface area contributed by atoms with Gasteiger partial charge in [0, 0.05) is 0 Å². The molecule has 0 aromatic heterocycles. The molecule has 3 rings (SSSR count). The Kier molecular flexibility index (Phi) is 4.39. The number of hydrogen-bond donors (Lipinski definition) is 0. The molecular weight excluding hydrogens is 344 g/mol. The van der Waals surface area contributed by atoms with Crippen LogP contribution in [0.1, 0.15) is 0 Å². The standard InChI is InChI=1S/C18H13BrO3/c19-18-15-9-5-4-6-13(15)10-11-16(18)21-12-17(20)22-14-7-2-1-3-8-14/h1-11H,12H2. The Morgan fingerprint density at radius 1 is 0.909 bits per heavy atom. The Labute approximate surface area is 136 Å². The maximum Gasteiger partial charge on any atom is 0.349 e. The monoisotopic (exact) mass is 356 g/mol. The van der Waals surface area contributed by atoms with Crippen LogP contribution in [-0.2, 0) is 4.79 Å². The topological polar surface area (TPSA) is 35.5 Å². The molecule has 0 aliphatic heterocycles. The third-order valence-electron chi connectivity index (χ3n) is 3.15. The molecule has 0 amide bonds. The quantitative estimate of drug-likeness (QED) is 0.506. The van der Waals surface area contributed by atoms with Crippen LogP contribution in [0, 0.1) is 0 Å². The van der Waals surface area contributed by atoms with Crippen molar-refractivity contribution in [2.45, 2.75) is 0 Å². The second-order valence-electron chi connectivity index (χ2n) is 4.67. The molecule has 22 heavy (non-hydrogen) atoms. The van der Waals surface area contributed by atoms with Crippen LogP contribution in [0.3, 0.4) is 0 Å². The summed E-state index contributed by atoms with van der Waals surface area (Å²) in [4.78, 5) is 11.8. The molecule has 0 fully saturated rings. The van der Waals surface area contributed by atoms with Gasteiger partial charge in [-0.2, -0.15) is 0 Å². The first-order valence-corrected chi connectivity index (χ1v) is 7.59. The number of para-hydroxylation sites is 1. The minimum Gasteiger partial charge on any atom is -0.481 e. The molecule has 3 aromatic rings. The second kappa shape index (κ2) is 6.62. The fourth-order valence-electron chi connectivity index (χ4n) is 2.11. The van der Waals surface area contributed by atoms with Crippen LogP contribution in [-0.4, -0.2) is 12.6 Å². The van der Waals surface area contributed by atoms with Gasteiger partial charge in [-0.05, 0) is 44.9 Å². The molecule has 3 nitrogen and oxygen atoms in total. The summed E-state index contributed by atoms with van der Waals surface area (Å²) >= 11 is 3.52. The lowest BCUT2D eigenvalue weighted by Gasteiger charge is -2.10. The van der Waals surface area contributed by atoms with E-state index in [0.29, 0.717) is 11.5 Å². The summed E-state index contributed by atoms with van der Waals surface area (Å²) in [6.45, 7) is -0.147. The molecule has 110 valence electrons. The molecule has 0 radical (unpaired) electrons. The van der Waals surface area contributed by atoms with Gasteiger partial charge >= 0.3 is 5.97 Å². The fraction of sp³-hybridized carbons (Fsp3) is 0.0556.